The van der Waals surface area contributed by atoms with Gasteiger partial charge >= 0.3 is 0 Å². The van der Waals surface area contributed by atoms with Crippen molar-refractivity contribution in [2.45, 2.75) is 58.4 Å². The molecule has 0 aromatic carbocycles. The molecule has 0 amide bonds. The van der Waals surface area contributed by atoms with Crippen LogP contribution in [0.25, 0.3) is 0 Å². The molecule has 1 fully saturated rings. The molecular formula is C16H25N3O2. The van der Waals surface area contributed by atoms with Crippen LogP contribution in [0.15, 0.2) is 6.20 Å². The van der Waals surface area contributed by atoms with Crippen molar-refractivity contribution < 1.29 is 4.92 Å². The first-order valence-corrected chi connectivity index (χ1v) is 7.81. The molecular weight excluding hydrogens is 266 g/mol. The lowest BCUT2D eigenvalue weighted by Crippen LogP contribution is -2.34. The Labute approximate surface area is 126 Å². The molecule has 0 saturated heterocycles. The van der Waals surface area contributed by atoms with Gasteiger partial charge in [0.05, 0.1) is 10.6 Å². The Balaban J connectivity index is 2.26. The second kappa shape index (κ2) is 6.98. The van der Waals surface area contributed by atoms with Crippen molar-refractivity contribution in [3.8, 4) is 0 Å². The summed E-state index contributed by atoms with van der Waals surface area (Å²) in [6.07, 6.45) is 8.64. The quantitative estimate of drug-likeness (QED) is 0.525. The molecule has 1 saturated carbocycles. The number of nitrogens with zero attached hydrogens (tertiary/aromatic N) is 2. The van der Waals surface area contributed by atoms with E-state index in [1.54, 1.807) is 13.1 Å². The minimum absolute atomic E-state index is 0.231. The summed E-state index contributed by atoms with van der Waals surface area (Å²) in [5.74, 6) is 0.519. The van der Waals surface area contributed by atoms with Gasteiger partial charge in [0.15, 0.2) is 0 Å². The van der Waals surface area contributed by atoms with Crippen LogP contribution in [-0.4, -0.2) is 23.0 Å². The van der Waals surface area contributed by atoms with Gasteiger partial charge in [-0.05, 0) is 46.1 Å². The summed E-state index contributed by atoms with van der Waals surface area (Å²) >= 11 is 0. The number of aryl methyl sites for hydroxylation is 1. The second-order valence-electron chi connectivity index (χ2n) is 6.12. The fourth-order valence-corrected chi connectivity index (χ4v) is 3.51. The van der Waals surface area contributed by atoms with Crippen molar-refractivity contribution in [1.29, 1.82) is 0 Å². The van der Waals surface area contributed by atoms with Gasteiger partial charge in [0.2, 0.25) is 0 Å². The molecule has 2 rings (SSSR count). The van der Waals surface area contributed by atoms with E-state index in [0.29, 0.717) is 17.5 Å². The van der Waals surface area contributed by atoms with Crippen LogP contribution in [0.5, 0.6) is 0 Å². The summed E-state index contributed by atoms with van der Waals surface area (Å²) in [6, 6.07) is 0.494. The van der Waals surface area contributed by atoms with Crippen LogP contribution < -0.4 is 5.32 Å². The summed E-state index contributed by atoms with van der Waals surface area (Å²) < 4.78 is 0. The third-order valence-corrected chi connectivity index (χ3v) is 4.74. The summed E-state index contributed by atoms with van der Waals surface area (Å²) in [7, 11) is 2.01. The first-order valence-electron chi connectivity index (χ1n) is 7.81. The highest BCUT2D eigenvalue weighted by atomic mass is 16.6. The minimum atomic E-state index is -0.279. The molecule has 1 aliphatic carbocycles. The van der Waals surface area contributed by atoms with E-state index in [1.807, 2.05) is 14.0 Å². The number of rotatable bonds is 4. The summed E-state index contributed by atoms with van der Waals surface area (Å²) in [6.45, 7) is 3.59. The molecule has 5 heteroatoms. The van der Waals surface area contributed by atoms with Gasteiger partial charge in [-0.15, -0.1) is 0 Å². The van der Waals surface area contributed by atoms with Crippen LogP contribution >= 0.6 is 0 Å². The smallest absolute Gasteiger partial charge is 0.278 e. The van der Waals surface area contributed by atoms with Crippen LogP contribution in [0.3, 0.4) is 0 Å². The lowest BCUT2D eigenvalue weighted by Gasteiger charge is -2.25. The van der Waals surface area contributed by atoms with Crippen LogP contribution in [0.1, 0.15) is 48.9 Å². The first kappa shape index (κ1) is 15.9. The molecule has 116 valence electrons. The predicted octanol–water partition coefficient (Wildman–Crippen LogP) is 3.32. The highest BCUT2D eigenvalue weighted by Gasteiger charge is 2.26. The maximum absolute atomic E-state index is 11.2. The Morgan fingerprint density at radius 2 is 2.05 bits per heavy atom. The van der Waals surface area contributed by atoms with E-state index in [9.17, 15) is 10.1 Å². The standard InChI is InChI=1S/C16H25N3O2/c1-11-10-18-15(12(2)16(11)19(20)21)9-13-7-5-4-6-8-14(13)17-3/h10,13-14,17H,4-9H2,1-3H3. The number of hydrogen-bond acceptors (Lipinski definition) is 4. The zero-order valence-corrected chi connectivity index (χ0v) is 13.2. The van der Waals surface area contributed by atoms with Crippen LogP contribution in [-0.2, 0) is 6.42 Å². The fraction of sp³-hybridized carbons (Fsp3) is 0.688. The number of nitro groups is 1. The lowest BCUT2D eigenvalue weighted by molar-refractivity contribution is -0.386. The van der Waals surface area contributed by atoms with Gasteiger partial charge in [-0.25, -0.2) is 0 Å². The van der Waals surface area contributed by atoms with Crippen molar-refractivity contribution in [3.63, 3.8) is 0 Å². The van der Waals surface area contributed by atoms with Crippen molar-refractivity contribution in [2.75, 3.05) is 7.05 Å². The lowest BCUT2D eigenvalue weighted by atomic mass is 9.88. The van der Waals surface area contributed by atoms with E-state index in [2.05, 4.69) is 10.3 Å². The first-order chi connectivity index (χ1) is 10.0. The number of aromatic nitrogens is 1. The van der Waals surface area contributed by atoms with E-state index >= 15 is 0 Å². The van der Waals surface area contributed by atoms with Gasteiger partial charge in [-0.1, -0.05) is 19.3 Å². The average molecular weight is 291 g/mol. The molecule has 2 unspecified atom stereocenters. The monoisotopic (exact) mass is 291 g/mol. The van der Waals surface area contributed by atoms with Crippen molar-refractivity contribution >= 4 is 5.69 Å². The minimum Gasteiger partial charge on any atom is -0.317 e. The summed E-state index contributed by atoms with van der Waals surface area (Å²) in [5.41, 5.74) is 2.50. The normalized spacial score (nSPS) is 22.8. The number of hydrogen-bond donors (Lipinski definition) is 1. The third-order valence-electron chi connectivity index (χ3n) is 4.74. The molecule has 0 bridgehead atoms. The Morgan fingerprint density at radius 3 is 2.71 bits per heavy atom. The molecule has 0 radical (unpaired) electrons. The van der Waals surface area contributed by atoms with Crippen LogP contribution in [0.4, 0.5) is 5.69 Å². The zero-order valence-electron chi connectivity index (χ0n) is 13.2. The summed E-state index contributed by atoms with van der Waals surface area (Å²) in [5, 5.41) is 14.6. The number of pyridine rings is 1. The molecule has 1 aromatic rings. The highest BCUT2D eigenvalue weighted by Crippen LogP contribution is 2.30. The molecule has 5 nitrogen and oxygen atoms in total. The molecule has 21 heavy (non-hydrogen) atoms. The molecule has 1 aromatic heterocycles. The van der Waals surface area contributed by atoms with E-state index in [-0.39, 0.29) is 10.6 Å². The van der Waals surface area contributed by atoms with Crippen LogP contribution in [0.2, 0.25) is 0 Å². The van der Waals surface area contributed by atoms with E-state index in [4.69, 9.17) is 0 Å². The average Bonchev–Trinajstić information content (AvgIpc) is 2.66. The van der Waals surface area contributed by atoms with Crippen molar-refractivity contribution in [2.24, 2.45) is 5.92 Å². The predicted molar refractivity (Wildman–Crippen MR) is 83.5 cm³/mol. The van der Waals surface area contributed by atoms with Gasteiger partial charge in [-0.2, -0.15) is 0 Å². The van der Waals surface area contributed by atoms with E-state index in [1.165, 1.54) is 32.1 Å². The Morgan fingerprint density at radius 1 is 1.33 bits per heavy atom. The maximum Gasteiger partial charge on any atom is 0.278 e. The Kier molecular flexibility index (Phi) is 5.28. The maximum atomic E-state index is 11.2. The topological polar surface area (TPSA) is 68.1 Å². The molecule has 1 aliphatic rings. The molecule has 0 aliphatic heterocycles. The van der Waals surface area contributed by atoms with E-state index < -0.39 is 0 Å². The SMILES string of the molecule is CNC1CCCCCC1Cc1ncc(C)c([N+](=O)[O-])c1C. The Hall–Kier alpha value is -1.49. The zero-order chi connectivity index (χ0) is 15.4. The van der Waals surface area contributed by atoms with Gasteiger partial charge < -0.3 is 5.32 Å². The second-order valence-corrected chi connectivity index (χ2v) is 6.12. The molecule has 1 heterocycles. The van der Waals surface area contributed by atoms with Gasteiger partial charge in [0, 0.05) is 23.4 Å². The third kappa shape index (κ3) is 3.59. The fourth-order valence-electron chi connectivity index (χ4n) is 3.51. The number of nitrogens with one attached hydrogen (secondary N) is 1. The molecule has 2 atom stereocenters. The Bertz CT molecular complexity index is 516. The van der Waals surface area contributed by atoms with Gasteiger partial charge in [-0.3, -0.25) is 15.1 Å². The molecule has 1 N–H and O–H groups in total. The van der Waals surface area contributed by atoms with Gasteiger partial charge in [0.25, 0.3) is 5.69 Å². The van der Waals surface area contributed by atoms with E-state index in [0.717, 1.165) is 17.7 Å². The summed E-state index contributed by atoms with van der Waals surface area (Å²) in [4.78, 5) is 15.4. The van der Waals surface area contributed by atoms with Crippen molar-refractivity contribution in [3.05, 3.63) is 33.1 Å². The molecule has 0 spiro atoms. The highest BCUT2D eigenvalue weighted by molar-refractivity contribution is 5.47. The van der Waals surface area contributed by atoms with Gasteiger partial charge in [0.1, 0.15) is 0 Å². The van der Waals surface area contributed by atoms with Crippen LogP contribution in [0, 0.1) is 29.9 Å². The largest absolute Gasteiger partial charge is 0.317 e. The van der Waals surface area contributed by atoms with Crippen molar-refractivity contribution in [1.82, 2.24) is 10.3 Å².